The molecule has 3 rings (SSSR count). The van der Waals surface area contributed by atoms with E-state index in [-0.39, 0.29) is 11.6 Å². The van der Waals surface area contributed by atoms with Crippen molar-refractivity contribution >= 4 is 40.2 Å². The van der Waals surface area contributed by atoms with Crippen LogP contribution in [0.15, 0.2) is 36.9 Å². The Labute approximate surface area is 143 Å². The van der Waals surface area contributed by atoms with Crippen molar-refractivity contribution in [2.45, 2.75) is 19.4 Å². The zero-order chi connectivity index (χ0) is 17.1. The maximum Gasteiger partial charge on any atom is 0.337 e. The first-order chi connectivity index (χ1) is 11.7. The van der Waals surface area contributed by atoms with E-state index in [0.717, 1.165) is 6.42 Å². The molecule has 0 aliphatic heterocycles. The van der Waals surface area contributed by atoms with Gasteiger partial charge in [0.1, 0.15) is 6.33 Å². The second-order valence-electron chi connectivity index (χ2n) is 5.24. The average molecular weight is 346 g/mol. The van der Waals surface area contributed by atoms with Crippen molar-refractivity contribution in [3.05, 3.63) is 42.5 Å². The largest absolute Gasteiger partial charge is 0.478 e. The van der Waals surface area contributed by atoms with Crippen molar-refractivity contribution in [3.8, 4) is 0 Å². The second-order valence-corrected chi connectivity index (χ2v) is 5.55. The number of carboxylic acids is 1. The lowest BCUT2D eigenvalue weighted by Crippen LogP contribution is -2.09. The number of halogens is 1. The first kappa shape index (κ1) is 16.2. The summed E-state index contributed by atoms with van der Waals surface area (Å²) in [7, 11) is 0. The van der Waals surface area contributed by atoms with E-state index in [1.807, 2.05) is 11.5 Å². The lowest BCUT2D eigenvalue weighted by Gasteiger charge is -2.13. The van der Waals surface area contributed by atoms with E-state index in [2.05, 4.69) is 20.3 Å². The number of anilines is 2. The molecule has 1 unspecified atom stereocenters. The number of rotatable bonds is 6. The molecular weight excluding hydrogens is 330 g/mol. The quantitative estimate of drug-likeness (QED) is 0.664. The van der Waals surface area contributed by atoms with E-state index in [1.54, 1.807) is 24.5 Å². The Kier molecular flexibility index (Phi) is 4.61. The zero-order valence-corrected chi connectivity index (χ0v) is 13.7. The van der Waals surface area contributed by atoms with Crippen LogP contribution in [0.5, 0.6) is 0 Å². The predicted octanol–water partition coefficient (Wildman–Crippen LogP) is 3.46. The molecule has 0 saturated heterocycles. The van der Waals surface area contributed by atoms with Gasteiger partial charge in [-0.25, -0.2) is 19.7 Å². The van der Waals surface area contributed by atoms with Gasteiger partial charge in [-0.1, -0.05) is 19.1 Å². The lowest BCUT2D eigenvalue weighted by atomic mass is 10.2. The Morgan fingerprint density at radius 2 is 2.12 bits per heavy atom. The molecule has 3 aromatic rings. The summed E-state index contributed by atoms with van der Waals surface area (Å²) < 4.78 is 1.91. The summed E-state index contributed by atoms with van der Waals surface area (Å²) in [5.41, 5.74) is 1.84. The number of imidazole rings is 1. The van der Waals surface area contributed by atoms with Gasteiger partial charge in [0, 0.05) is 11.9 Å². The number of alkyl halides is 1. The molecular formula is C16H16ClN5O2. The second kappa shape index (κ2) is 6.84. The van der Waals surface area contributed by atoms with Gasteiger partial charge in [-0.2, -0.15) is 0 Å². The molecule has 0 amide bonds. The molecule has 2 aromatic heterocycles. The monoisotopic (exact) mass is 345 g/mol. The van der Waals surface area contributed by atoms with E-state index < -0.39 is 5.97 Å². The molecule has 0 bridgehead atoms. The lowest BCUT2D eigenvalue weighted by molar-refractivity contribution is 0.0698. The number of nitrogens with one attached hydrogen (secondary N) is 1. The topological polar surface area (TPSA) is 92.9 Å². The van der Waals surface area contributed by atoms with Crippen LogP contribution < -0.4 is 5.32 Å². The van der Waals surface area contributed by atoms with Gasteiger partial charge in [0.15, 0.2) is 17.0 Å². The van der Waals surface area contributed by atoms with Gasteiger partial charge in [0.25, 0.3) is 0 Å². The molecule has 2 heterocycles. The number of fused-ring (bicyclic) bond motifs is 1. The molecule has 124 valence electrons. The van der Waals surface area contributed by atoms with Crippen LogP contribution in [0.1, 0.15) is 29.7 Å². The summed E-state index contributed by atoms with van der Waals surface area (Å²) in [5.74, 6) is -0.102. The number of benzene rings is 1. The number of carboxylic acid groups (broad SMARTS) is 1. The molecule has 7 nitrogen and oxygen atoms in total. The maximum atomic E-state index is 11.3. The zero-order valence-electron chi connectivity index (χ0n) is 13.0. The summed E-state index contributed by atoms with van der Waals surface area (Å²) >= 11 is 6.01. The highest BCUT2D eigenvalue weighted by Crippen LogP contribution is 2.26. The van der Waals surface area contributed by atoms with E-state index in [0.29, 0.717) is 28.5 Å². The van der Waals surface area contributed by atoms with Crippen molar-refractivity contribution in [3.63, 3.8) is 0 Å². The van der Waals surface area contributed by atoms with Gasteiger partial charge in [-0.15, -0.1) is 11.6 Å². The third-order valence-electron chi connectivity index (χ3n) is 3.81. The summed E-state index contributed by atoms with van der Waals surface area (Å²) in [6.45, 7) is 2.04. The number of aromatic carboxylic acids is 1. The minimum atomic E-state index is -1.01. The number of nitrogens with zero attached hydrogens (tertiary/aromatic N) is 4. The van der Waals surface area contributed by atoms with Crippen molar-refractivity contribution in [1.29, 1.82) is 0 Å². The van der Waals surface area contributed by atoms with Crippen molar-refractivity contribution in [2.75, 3.05) is 11.2 Å². The molecule has 0 spiro atoms. The molecule has 2 N–H and O–H groups in total. The Balaban J connectivity index is 2.04. The Morgan fingerprint density at radius 3 is 2.83 bits per heavy atom. The Bertz CT molecular complexity index is 876. The molecule has 24 heavy (non-hydrogen) atoms. The highest BCUT2D eigenvalue weighted by molar-refractivity contribution is 6.18. The fourth-order valence-corrected chi connectivity index (χ4v) is 2.86. The average Bonchev–Trinajstić information content (AvgIpc) is 3.02. The van der Waals surface area contributed by atoms with E-state index >= 15 is 0 Å². The molecule has 1 atom stereocenters. The molecule has 0 aliphatic rings. The highest BCUT2D eigenvalue weighted by Gasteiger charge is 2.17. The van der Waals surface area contributed by atoms with Gasteiger partial charge in [0.05, 0.1) is 17.6 Å². The van der Waals surface area contributed by atoms with E-state index in [9.17, 15) is 9.90 Å². The van der Waals surface area contributed by atoms with Crippen LogP contribution in [0.3, 0.4) is 0 Å². The van der Waals surface area contributed by atoms with Crippen LogP contribution >= 0.6 is 11.6 Å². The Hall–Kier alpha value is -2.67. The number of hydrogen-bond donors (Lipinski definition) is 2. The number of para-hydroxylation sites is 1. The summed E-state index contributed by atoms with van der Waals surface area (Å²) in [6, 6.07) is 6.73. The first-order valence-corrected chi connectivity index (χ1v) is 8.02. The number of carbonyl (C=O) groups is 1. The van der Waals surface area contributed by atoms with E-state index in [1.165, 1.54) is 12.4 Å². The van der Waals surface area contributed by atoms with Gasteiger partial charge in [0.2, 0.25) is 0 Å². The SMILES string of the molecule is CCC(CCl)n1cnc2c(Nc3ccccc3C(=O)O)ncnc21. The van der Waals surface area contributed by atoms with Crippen LogP contribution in [-0.4, -0.2) is 36.5 Å². The van der Waals surface area contributed by atoms with Gasteiger partial charge in [-0.3, -0.25) is 0 Å². The van der Waals surface area contributed by atoms with Crippen LogP contribution in [0.25, 0.3) is 11.2 Å². The van der Waals surface area contributed by atoms with Crippen LogP contribution in [0, 0.1) is 0 Å². The third-order valence-corrected chi connectivity index (χ3v) is 4.17. The summed E-state index contributed by atoms with van der Waals surface area (Å²) in [5, 5.41) is 12.3. The van der Waals surface area contributed by atoms with Crippen LogP contribution in [-0.2, 0) is 0 Å². The minimum absolute atomic E-state index is 0.0886. The van der Waals surface area contributed by atoms with Gasteiger partial charge >= 0.3 is 5.97 Å². The molecule has 0 saturated carbocycles. The highest BCUT2D eigenvalue weighted by atomic mass is 35.5. The molecule has 1 aromatic carbocycles. The fourth-order valence-electron chi connectivity index (χ4n) is 2.50. The standard InChI is InChI=1S/C16H16ClN5O2/c1-2-10(7-17)22-9-20-13-14(18-8-19-15(13)22)21-12-6-4-3-5-11(12)16(23)24/h3-6,8-10H,2,7H2,1H3,(H,23,24)(H,18,19,21). The first-order valence-electron chi connectivity index (χ1n) is 7.48. The third kappa shape index (κ3) is 2.90. The molecule has 8 heteroatoms. The summed E-state index contributed by atoms with van der Waals surface area (Å²) in [4.78, 5) is 24.2. The van der Waals surface area contributed by atoms with Gasteiger partial charge < -0.3 is 15.0 Å². The minimum Gasteiger partial charge on any atom is -0.478 e. The number of hydrogen-bond acceptors (Lipinski definition) is 5. The van der Waals surface area contributed by atoms with E-state index in [4.69, 9.17) is 11.6 Å². The Morgan fingerprint density at radius 1 is 1.33 bits per heavy atom. The van der Waals surface area contributed by atoms with Crippen LogP contribution in [0.2, 0.25) is 0 Å². The number of aromatic nitrogens is 4. The molecule has 0 fully saturated rings. The maximum absolute atomic E-state index is 11.3. The van der Waals surface area contributed by atoms with Gasteiger partial charge in [-0.05, 0) is 18.6 Å². The normalized spacial score (nSPS) is 12.2. The smallest absolute Gasteiger partial charge is 0.337 e. The van der Waals surface area contributed by atoms with Crippen molar-refractivity contribution < 1.29 is 9.90 Å². The summed E-state index contributed by atoms with van der Waals surface area (Å²) in [6.07, 6.45) is 3.96. The fraction of sp³-hybridized carbons (Fsp3) is 0.250. The van der Waals surface area contributed by atoms with Crippen molar-refractivity contribution in [1.82, 2.24) is 19.5 Å². The van der Waals surface area contributed by atoms with Crippen LogP contribution in [0.4, 0.5) is 11.5 Å². The molecule has 0 radical (unpaired) electrons. The molecule has 0 aliphatic carbocycles. The predicted molar refractivity (Wildman–Crippen MR) is 92.1 cm³/mol. The van der Waals surface area contributed by atoms with Crippen molar-refractivity contribution in [2.24, 2.45) is 0 Å².